The van der Waals surface area contributed by atoms with Gasteiger partial charge in [-0.05, 0) is 66.5 Å². The number of ether oxygens (including phenoxy) is 2. The average Bonchev–Trinajstić information content (AvgIpc) is 3.04. The largest absolute Gasteiger partial charge is 0.493 e. The number of aliphatic hydroxyl groups is 1. The molecule has 0 heterocycles. The van der Waals surface area contributed by atoms with E-state index >= 15 is 0 Å². The third-order valence-electron chi connectivity index (χ3n) is 5.89. The van der Waals surface area contributed by atoms with Crippen LogP contribution in [0.1, 0.15) is 42.1 Å². The van der Waals surface area contributed by atoms with Gasteiger partial charge in [-0.2, -0.15) is 0 Å². The summed E-state index contributed by atoms with van der Waals surface area (Å²) in [7, 11) is 3.17. The Balaban J connectivity index is 1.59. The predicted molar refractivity (Wildman–Crippen MR) is 115 cm³/mol. The zero-order valence-electron chi connectivity index (χ0n) is 17.6. The van der Waals surface area contributed by atoms with Crippen LogP contribution in [0.5, 0.6) is 11.5 Å². The van der Waals surface area contributed by atoms with E-state index in [0.29, 0.717) is 24.3 Å². The highest BCUT2D eigenvalue weighted by molar-refractivity contribution is 5.67. The highest BCUT2D eigenvalue weighted by atomic mass is 16.5. The number of carboxylic acids is 1. The van der Waals surface area contributed by atoms with Gasteiger partial charge < -0.3 is 25.0 Å². The molecule has 1 aliphatic rings. The van der Waals surface area contributed by atoms with Crippen LogP contribution < -0.4 is 14.8 Å². The van der Waals surface area contributed by atoms with E-state index in [1.165, 1.54) is 5.56 Å². The van der Waals surface area contributed by atoms with Crippen molar-refractivity contribution in [3.63, 3.8) is 0 Å². The highest BCUT2D eigenvalue weighted by Gasteiger charge is 2.34. The van der Waals surface area contributed by atoms with Crippen LogP contribution in [0.2, 0.25) is 0 Å². The lowest BCUT2D eigenvalue weighted by Crippen LogP contribution is -2.22. The molecule has 0 fully saturated rings. The van der Waals surface area contributed by atoms with E-state index in [1.807, 2.05) is 30.3 Å². The summed E-state index contributed by atoms with van der Waals surface area (Å²) in [6.45, 7) is 1.50. The molecule has 0 bridgehead atoms. The fraction of sp³-hybridized carbons (Fsp3) is 0.458. The lowest BCUT2D eigenvalue weighted by Gasteiger charge is -2.22. The Morgan fingerprint density at radius 3 is 2.53 bits per heavy atom. The molecule has 6 nitrogen and oxygen atoms in total. The van der Waals surface area contributed by atoms with Crippen molar-refractivity contribution in [2.45, 2.75) is 38.3 Å². The number of hydrogen-bond donors (Lipinski definition) is 3. The fourth-order valence-electron chi connectivity index (χ4n) is 4.36. The molecule has 0 amide bonds. The molecule has 1 aliphatic carbocycles. The quantitative estimate of drug-likeness (QED) is 0.488. The summed E-state index contributed by atoms with van der Waals surface area (Å²) >= 11 is 0. The minimum absolute atomic E-state index is 0.00327. The Hall–Kier alpha value is -2.57. The number of aliphatic carboxylic acids is 1. The van der Waals surface area contributed by atoms with Crippen LogP contribution in [-0.4, -0.2) is 36.9 Å². The van der Waals surface area contributed by atoms with Gasteiger partial charge in [0.25, 0.3) is 0 Å². The summed E-state index contributed by atoms with van der Waals surface area (Å²) in [4.78, 5) is 11.4. The van der Waals surface area contributed by atoms with Gasteiger partial charge >= 0.3 is 5.97 Å². The van der Waals surface area contributed by atoms with Crippen molar-refractivity contribution >= 4 is 5.97 Å². The van der Waals surface area contributed by atoms with Gasteiger partial charge in [0.1, 0.15) is 0 Å². The third-order valence-corrected chi connectivity index (χ3v) is 5.89. The Kier molecular flexibility index (Phi) is 7.71. The molecule has 0 saturated carbocycles. The van der Waals surface area contributed by atoms with Gasteiger partial charge in [-0.1, -0.05) is 30.3 Å². The second kappa shape index (κ2) is 10.5. The van der Waals surface area contributed by atoms with E-state index in [1.54, 1.807) is 14.2 Å². The van der Waals surface area contributed by atoms with Gasteiger partial charge in [-0.25, -0.2) is 0 Å². The SMILES string of the molecule is COc1cc2c(cc1OC)C(O)C(CC(CCNCc1ccccc1)CC(=O)O)C2. The molecule has 2 aromatic rings. The van der Waals surface area contributed by atoms with E-state index in [-0.39, 0.29) is 18.3 Å². The van der Waals surface area contributed by atoms with Crippen LogP contribution >= 0.6 is 0 Å². The van der Waals surface area contributed by atoms with E-state index in [2.05, 4.69) is 17.4 Å². The summed E-state index contributed by atoms with van der Waals surface area (Å²) in [6, 6.07) is 13.9. The minimum Gasteiger partial charge on any atom is -0.493 e. The van der Waals surface area contributed by atoms with Crippen LogP contribution in [-0.2, 0) is 17.8 Å². The molecule has 2 aromatic carbocycles. The van der Waals surface area contributed by atoms with Gasteiger partial charge in [0.2, 0.25) is 0 Å². The maximum absolute atomic E-state index is 11.4. The molecule has 3 rings (SSSR count). The van der Waals surface area contributed by atoms with Crippen LogP contribution in [0, 0.1) is 11.8 Å². The number of carboxylic acid groups (broad SMARTS) is 1. The molecular formula is C24H31NO5. The van der Waals surface area contributed by atoms with E-state index < -0.39 is 12.1 Å². The van der Waals surface area contributed by atoms with Crippen molar-refractivity contribution < 1.29 is 24.5 Å². The van der Waals surface area contributed by atoms with Crippen molar-refractivity contribution in [2.24, 2.45) is 11.8 Å². The van der Waals surface area contributed by atoms with Crippen molar-refractivity contribution in [1.82, 2.24) is 5.32 Å². The van der Waals surface area contributed by atoms with Crippen molar-refractivity contribution in [1.29, 1.82) is 0 Å². The molecule has 3 atom stereocenters. The first-order valence-corrected chi connectivity index (χ1v) is 10.4. The van der Waals surface area contributed by atoms with Gasteiger partial charge in [0.15, 0.2) is 11.5 Å². The number of benzene rings is 2. The lowest BCUT2D eigenvalue weighted by molar-refractivity contribution is -0.138. The Bertz CT molecular complexity index is 839. The molecular weight excluding hydrogens is 382 g/mol. The maximum Gasteiger partial charge on any atom is 0.303 e. The zero-order valence-corrected chi connectivity index (χ0v) is 17.6. The summed E-state index contributed by atoms with van der Waals surface area (Å²) in [5.41, 5.74) is 3.10. The molecule has 0 radical (unpaired) electrons. The van der Waals surface area contributed by atoms with Gasteiger partial charge in [-0.15, -0.1) is 0 Å². The molecule has 0 aromatic heterocycles. The van der Waals surface area contributed by atoms with Crippen LogP contribution in [0.15, 0.2) is 42.5 Å². The van der Waals surface area contributed by atoms with Crippen LogP contribution in [0.4, 0.5) is 0 Å². The van der Waals surface area contributed by atoms with E-state index in [4.69, 9.17) is 9.47 Å². The second-order valence-electron chi connectivity index (χ2n) is 7.97. The molecule has 3 N–H and O–H groups in total. The maximum atomic E-state index is 11.4. The summed E-state index contributed by atoms with van der Waals surface area (Å²) in [5, 5.41) is 23.6. The monoisotopic (exact) mass is 413 g/mol. The molecule has 0 saturated heterocycles. The molecule has 3 unspecified atom stereocenters. The number of rotatable bonds is 11. The van der Waals surface area contributed by atoms with E-state index in [0.717, 1.165) is 30.6 Å². The first-order valence-electron chi connectivity index (χ1n) is 10.4. The standard InChI is InChI=1S/C24H31NO5/c1-29-21-13-18-12-19(24(28)20(18)14-22(21)30-2)10-17(11-23(26)27)8-9-25-15-16-6-4-3-5-7-16/h3-7,13-14,17,19,24-25,28H,8-12,15H2,1-2H3,(H,26,27). The van der Waals surface area contributed by atoms with Gasteiger partial charge in [0, 0.05) is 13.0 Å². The summed E-state index contributed by atoms with van der Waals surface area (Å²) in [6.07, 6.45) is 1.63. The Morgan fingerprint density at radius 1 is 1.17 bits per heavy atom. The number of fused-ring (bicyclic) bond motifs is 1. The first-order chi connectivity index (χ1) is 14.5. The van der Waals surface area contributed by atoms with Crippen molar-refractivity contribution in [3.05, 3.63) is 59.2 Å². The zero-order chi connectivity index (χ0) is 21.5. The van der Waals surface area contributed by atoms with Crippen LogP contribution in [0.25, 0.3) is 0 Å². The van der Waals surface area contributed by atoms with E-state index in [9.17, 15) is 15.0 Å². The van der Waals surface area contributed by atoms with Crippen molar-refractivity contribution in [2.75, 3.05) is 20.8 Å². The summed E-state index contributed by atoms with van der Waals surface area (Å²) in [5.74, 6) is 0.453. The molecule has 0 spiro atoms. The Labute approximate surface area is 177 Å². The molecule has 0 aliphatic heterocycles. The fourth-order valence-corrected chi connectivity index (χ4v) is 4.36. The second-order valence-corrected chi connectivity index (χ2v) is 7.97. The number of hydrogen-bond acceptors (Lipinski definition) is 5. The molecule has 30 heavy (non-hydrogen) atoms. The Morgan fingerprint density at radius 2 is 1.87 bits per heavy atom. The number of aliphatic hydroxyl groups excluding tert-OH is 1. The molecule has 162 valence electrons. The van der Waals surface area contributed by atoms with Crippen LogP contribution in [0.3, 0.4) is 0 Å². The topological polar surface area (TPSA) is 88.0 Å². The van der Waals surface area contributed by atoms with Gasteiger partial charge in [0.05, 0.1) is 20.3 Å². The first kappa shape index (κ1) is 22.1. The smallest absolute Gasteiger partial charge is 0.303 e. The lowest BCUT2D eigenvalue weighted by atomic mass is 9.86. The van der Waals surface area contributed by atoms with Crippen molar-refractivity contribution in [3.8, 4) is 11.5 Å². The number of carbonyl (C=O) groups is 1. The third kappa shape index (κ3) is 5.52. The van der Waals surface area contributed by atoms with Gasteiger partial charge in [-0.3, -0.25) is 4.79 Å². The predicted octanol–water partition coefficient (Wildman–Crippen LogP) is 3.57. The minimum atomic E-state index is -0.795. The summed E-state index contributed by atoms with van der Waals surface area (Å²) < 4.78 is 10.7. The number of nitrogens with one attached hydrogen (secondary N) is 1. The average molecular weight is 414 g/mol. The molecule has 6 heteroatoms. The normalized spacial score (nSPS) is 18.6. The highest BCUT2D eigenvalue weighted by Crippen LogP contribution is 2.44. The number of methoxy groups -OCH3 is 2.